The van der Waals surface area contributed by atoms with E-state index in [0.717, 1.165) is 75.2 Å². The first-order chi connectivity index (χ1) is 57.7. The molecule has 6 aromatic carbocycles. The monoisotopic (exact) mass is 1680 g/mol. The Morgan fingerprint density at radius 2 is 0.833 bits per heavy atom. The van der Waals surface area contributed by atoms with Crippen LogP contribution < -0.4 is 41.6 Å². The zero-order valence-corrected chi connectivity index (χ0v) is 68.4. The van der Waals surface area contributed by atoms with Crippen molar-refractivity contribution in [2.24, 2.45) is 17.2 Å². The lowest BCUT2D eigenvalue weighted by atomic mass is 9.74. The van der Waals surface area contributed by atoms with Crippen molar-refractivity contribution in [2.75, 3.05) is 85.2 Å². The van der Waals surface area contributed by atoms with Crippen molar-refractivity contribution in [3.8, 4) is 35.5 Å². The number of nitrogens with two attached hydrogens (primary N) is 3. The van der Waals surface area contributed by atoms with Gasteiger partial charge in [0.2, 0.25) is 26.8 Å². The molecule has 0 saturated carbocycles. The fraction of sp³-hybridized carbons (Fsp3) is 0.300. The molecule has 3 spiro atoms. The van der Waals surface area contributed by atoms with E-state index in [1.165, 1.54) is 14.2 Å². The summed E-state index contributed by atoms with van der Waals surface area (Å²) < 4.78 is 106. The highest BCUT2D eigenvalue weighted by Gasteiger charge is 2.55. The molecule has 0 aliphatic carbocycles. The molecule has 2 unspecified atom stereocenters. The Labute approximate surface area is 695 Å². The number of fused-ring (bicyclic) bond motifs is 6. The highest BCUT2D eigenvalue weighted by Crippen LogP contribution is 2.53. The maximum atomic E-state index is 14.0. The van der Waals surface area contributed by atoms with E-state index < -0.39 is 73.9 Å². The van der Waals surface area contributed by atoms with Crippen molar-refractivity contribution in [3.05, 3.63) is 285 Å². The summed E-state index contributed by atoms with van der Waals surface area (Å²) in [6, 6.07) is 58.0. The number of sulfonamides is 2. The van der Waals surface area contributed by atoms with Crippen molar-refractivity contribution < 1.29 is 72.0 Å². The Balaban J connectivity index is 0.000000141. The molecule has 10 aromatic rings. The van der Waals surface area contributed by atoms with Crippen molar-refractivity contribution in [2.45, 2.75) is 103 Å². The molecular formula is C90H89N11O16S3. The zero-order chi connectivity index (χ0) is 84.3. The lowest BCUT2D eigenvalue weighted by Gasteiger charge is -2.39. The average molecular weight is 1680 g/mol. The van der Waals surface area contributed by atoms with Crippen LogP contribution in [0.15, 0.2) is 217 Å². The first-order valence-electron chi connectivity index (χ1n) is 39.4. The zero-order valence-electron chi connectivity index (χ0n) is 66.0. The minimum atomic E-state index is -4.19. The number of furan rings is 4. The van der Waals surface area contributed by atoms with Gasteiger partial charge in [-0.1, -0.05) is 109 Å². The largest absolute Gasteiger partial charge is 0.475 e. The molecule has 120 heavy (non-hydrogen) atoms. The van der Waals surface area contributed by atoms with Crippen LogP contribution in [0.2, 0.25) is 0 Å². The quantitative estimate of drug-likeness (QED) is 0.0462. The maximum Gasteiger partial charge on any atom is 0.371 e. The molecule has 7 aliphatic rings. The Morgan fingerprint density at radius 3 is 1.21 bits per heavy atom. The molecule has 0 bridgehead atoms. The number of anilines is 3. The summed E-state index contributed by atoms with van der Waals surface area (Å²) in [4.78, 5) is 70.5. The van der Waals surface area contributed by atoms with E-state index in [1.54, 1.807) is 78.4 Å². The number of amides is 4. The van der Waals surface area contributed by atoms with Crippen LogP contribution in [0.5, 0.6) is 0 Å². The summed E-state index contributed by atoms with van der Waals surface area (Å²) in [5.74, 6) is 17.1. The summed E-state index contributed by atoms with van der Waals surface area (Å²) in [5.41, 5.74) is 32.1. The molecule has 7 aliphatic heterocycles. The third kappa shape index (κ3) is 16.8. The number of hydrazine groups is 1. The lowest BCUT2D eigenvalue weighted by Crippen LogP contribution is -2.49. The Bertz CT molecular complexity index is 6140. The van der Waals surface area contributed by atoms with Gasteiger partial charge < -0.3 is 59.6 Å². The van der Waals surface area contributed by atoms with Gasteiger partial charge in [0, 0.05) is 124 Å². The standard InChI is InChI=1S/C31H35N5O6S2.C31H27N3O7S.C28H27N3O3/c1-33-34-29-18-25(20-43(29,38)39)44(40,41)36-21-31(26-17-23(19-32)8-11-27(26)36)13-15-35(16-14-31)30(37)28-12-10-24(42-28)9-7-22-5-3-2-4-6-22;32-19-22-7-10-25-24(18-22)31(20-34(25)42(38,39)28-13-12-27(41-28)30(36)37)14-16-33(17-15-31)29(35)26-11-9-23(40-26)8-6-21-4-2-1-3-5-21;1-20(32)31-19-28(24-17-22(18-29)8-11-25(24)31)13-15-30(16-14-28)27(33)26-12-10-23(34-26)9-7-21-5-3-2-4-6-21/h2-6,8,10-12,17,25,29,33-34H,13-16,18-21,32H2,1H3;1-5,7,9-13,18H,14-17,19-20,32H2,(H,36,37);2-6,8,10-12,17H,13-16,18-19,29H2,1H3. The van der Waals surface area contributed by atoms with Crippen molar-refractivity contribution in [1.29, 1.82) is 0 Å². The smallest absolute Gasteiger partial charge is 0.371 e. The molecule has 0 radical (unpaired) electrons. The van der Waals surface area contributed by atoms with Crippen molar-refractivity contribution in [1.82, 2.24) is 25.6 Å². The topological polar surface area (TPSA) is 382 Å². The second-order valence-corrected chi connectivity index (χ2v) is 37.0. The third-order valence-corrected chi connectivity index (χ3v) is 29.7. The highest BCUT2D eigenvalue weighted by molar-refractivity contribution is 7.97. The number of piperidine rings is 3. The van der Waals surface area contributed by atoms with Crippen LogP contribution in [0.25, 0.3) is 0 Å². The first kappa shape index (κ1) is 82.8. The van der Waals surface area contributed by atoms with Crippen LogP contribution >= 0.6 is 0 Å². The molecule has 9 N–H and O–H groups in total. The van der Waals surface area contributed by atoms with Crippen molar-refractivity contribution >= 4 is 76.5 Å². The lowest BCUT2D eigenvalue weighted by molar-refractivity contribution is -0.116. The van der Waals surface area contributed by atoms with Gasteiger partial charge in [0.25, 0.3) is 27.7 Å². The van der Waals surface area contributed by atoms with E-state index in [1.807, 2.05) is 131 Å². The number of nitrogens with zero attached hydrogens (tertiary/aromatic N) is 6. The van der Waals surface area contributed by atoms with Crippen LogP contribution in [-0.4, -0.2) is 157 Å². The summed E-state index contributed by atoms with van der Waals surface area (Å²) in [6.45, 7) is 6.37. The molecule has 30 heteroatoms. The van der Waals surface area contributed by atoms with Crippen LogP contribution in [0, 0.1) is 35.5 Å². The minimum absolute atomic E-state index is 0.0388. The van der Waals surface area contributed by atoms with Crippen LogP contribution in [0.4, 0.5) is 17.1 Å². The van der Waals surface area contributed by atoms with Crippen LogP contribution in [-0.2, 0) is 70.6 Å². The fourth-order valence-corrected chi connectivity index (χ4v) is 23.3. The van der Waals surface area contributed by atoms with Gasteiger partial charge in [-0.25, -0.2) is 27.1 Å². The van der Waals surface area contributed by atoms with Gasteiger partial charge in [-0.3, -0.25) is 33.2 Å². The number of hydrogen-bond donors (Lipinski definition) is 6. The molecule has 4 saturated heterocycles. The number of carboxylic acid groups (broad SMARTS) is 1. The molecular weight excluding hydrogens is 1590 g/mol. The van der Waals surface area contributed by atoms with E-state index in [2.05, 4.69) is 52.4 Å². The van der Waals surface area contributed by atoms with Gasteiger partial charge in [0.1, 0.15) is 5.37 Å². The molecule has 11 heterocycles. The summed E-state index contributed by atoms with van der Waals surface area (Å²) in [6.07, 6.45) is 3.59. The van der Waals surface area contributed by atoms with Gasteiger partial charge >= 0.3 is 5.97 Å². The number of benzene rings is 6. The molecule has 4 aromatic heterocycles. The number of aromatic carboxylic acids is 1. The summed E-state index contributed by atoms with van der Waals surface area (Å²) in [5, 5.41) is 6.71. The predicted molar refractivity (Wildman–Crippen MR) is 450 cm³/mol. The summed E-state index contributed by atoms with van der Waals surface area (Å²) in [7, 11) is -10.3. The van der Waals surface area contributed by atoms with Gasteiger partial charge in [-0.15, -0.1) is 0 Å². The third-order valence-electron chi connectivity index (χ3n) is 23.6. The van der Waals surface area contributed by atoms with Gasteiger partial charge in [-0.05, 0) is 206 Å². The Morgan fingerprint density at radius 1 is 0.467 bits per heavy atom. The number of rotatable bonds is 13. The number of carboxylic acids is 1. The highest BCUT2D eigenvalue weighted by atomic mass is 32.2. The van der Waals surface area contributed by atoms with Crippen molar-refractivity contribution in [3.63, 3.8) is 0 Å². The van der Waals surface area contributed by atoms with E-state index in [0.29, 0.717) is 119 Å². The average Bonchev–Trinajstić information content (AvgIpc) is 1.57. The normalized spacial score (nSPS) is 18.2. The predicted octanol–water partition coefficient (Wildman–Crippen LogP) is 9.19. The fourth-order valence-electron chi connectivity index (χ4n) is 17.1. The Hall–Kier alpha value is -12.3. The van der Waals surface area contributed by atoms with Crippen LogP contribution in [0.3, 0.4) is 0 Å². The van der Waals surface area contributed by atoms with Gasteiger partial charge in [-0.2, -0.15) is 8.42 Å². The van der Waals surface area contributed by atoms with E-state index >= 15 is 0 Å². The molecule has 27 nitrogen and oxygen atoms in total. The second kappa shape index (κ2) is 34.2. The van der Waals surface area contributed by atoms with Crippen LogP contribution in [0.1, 0.15) is 161 Å². The first-order valence-corrected chi connectivity index (χ1v) is 44.1. The molecule has 618 valence electrons. The van der Waals surface area contributed by atoms with E-state index in [9.17, 15) is 54.3 Å². The van der Waals surface area contributed by atoms with Gasteiger partial charge in [0.05, 0.1) is 22.4 Å². The number of hydrogen-bond acceptors (Lipinski definition) is 20. The molecule has 4 fully saturated rings. The number of sulfone groups is 1. The van der Waals surface area contributed by atoms with Gasteiger partial charge in [0.15, 0.2) is 44.4 Å². The van der Waals surface area contributed by atoms with E-state index in [4.69, 9.17) is 34.9 Å². The minimum Gasteiger partial charge on any atom is -0.475 e. The van der Waals surface area contributed by atoms with E-state index in [-0.39, 0.29) is 66.6 Å². The molecule has 2 atom stereocenters. The number of nitrogens with one attached hydrogen (secondary N) is 2. The number of likely N-dealkylation sites (tertiary alicyclic amines) is 3. The maximum absolute atomic E-state index is 14.0. The molecule has 4 amide bonds. The molecule has 17 rings (SSSR count). The Kier molecular flexibility index (Phi) is 23.6. The number of carbonyl (C=O) groups excluding carboxylic acids is 4. The number of carbonyl (C=O) groups is 5. The second-order valence-electron chi connectivity index (χ2n) is 30.9. The SMILES string of the molecule is CC(=O)N1CC2(CCN(C(=O)c3ccc(C#Cc4ccccc4)o3)CC2)c2cc(CN)ccc21.CNNC1CC(S(=O)(=O)N2CC3(CCN(C(=O)c4ccc(C#Cc5ccccc5)o4)CC3)c3cc(CN)ccc32)CS1(=O)=O.NCc1ccc2c(c1)C1(CCN(C(=O)c3ccc(C#Cc4ccccc4)o3)CC1)CN2S(=O)(=O)c1ccc(C(=O)O)o1. The summed E-state index contributed by atoms with van der Waals surface area (Å²) >= 11 is 0.